The number of aromatic amines is 1. The first-order valence-corrected chi connectivity index (χ1v) is 8.34. The molecular weight excluding hydrogens is 345 g/mol. The minimum atomic E-state index is -0.395. The van der Waals surface area contributed by atoms with Crippen LogP contribution in [0.1, 0.15) is 16.1 Å². The summed E-state index contributed by atoms with van der Waals surface area (Å²) in [5.41, 5.74) is 3.29. The molecule has 2 N–H and O–H groups in total. The highest BCUT2D eigenvalue weighted by atomic mass is 19.1. The summed E-state index contributed by atoms with van der Waals surface area (Å²) in [5.74, 6) is -0.715. The van der Waals surface area contributed by atoms with Gasteiger partial charge < -0.3 is 5.32 Å². The van der Waals surface area contributed by atoms with Crippen LogP contribution in [-0.2, 0) is 0 Å². The Morgan fingerprint density at radius 1 is 1.15 bits per heavy atom. The smallest absolute Gasteiger partial charge is 0.255 e. The quantitative estimate of drug-likeness (QED) is 0.578. The van der Waals surface area contributed by atoms with Crippen LogP contribution in [0.15, 0.2) is 67.0 Å². The molecule has 2 heterocycles. The molecule has 6 nitrogen and oxygen atoms in total. The first-order chi connectivity index (χ1) is 13.1. The van der Waals surface area contributed by atoms with Crippen molar-refractivity contribution in [1.82, 2.24) is 20.0 Å². The Kier molecular flexibility index (Phi) is 4.25. The number of carbonyl (C=O) groups is 1. The Morgan fingerprint density at radius 3 is 2.78 bits per heavy atom. The summed E-state index contributed by atoms with van der Waals surface area (Å²) in [7, 11) is 0. The third-order valence-electron chi connectivity index (χ3n) is 4.13. The fourth-order valence-corrected chi connectivity index (χ4v) is 2.79. The van der Waals surface area contributed by atoms with Gasteiger partial charge in [0.2, 0.25) is 0 Å². The maximum Gasteiger partial charge on any atom is 0.255 e. The highest BCUT2D eigenvalue weighted by Crippen LogP contribution is 2.28. The monoisotopic (exact) mass is 361 g/mol. The Morgan fingerprint density at radius 2 is 2.00 bits per heavy atom. The Balaban J connectivity index is 1.61. The zero-order chi connectivity index (χ0) is 18.8. The number of aromatic nitrogens is 4. The van der Waals surface area contributed by atoms with Crippen LogP contribution in [0.4, 0.5) is 10.1 Å². The van der Waals surface area contributed by atoms with Crippen molar-refractivity contribution in [2.45, 2.75) is 6.92 Å². The third-order valence-corrected chi connectivity index (χ3v) is 4.13. The van der Waals surface area contributed by atoms with Gasteiger partial charge in [-0.05, 0) is 43.3 Å². The molecule has 134 valence electrons. The van der Waals surface area contributed by atoms with Gasteiger partial charge in [-0.3, -0.25) is 9.89 Å². The third kappa shape index (κ3) is 3.35. The van der Waals surface area contributed by atoms with E-state index < -0.39 is 5.82 Å². The SMILES string of the molecule is Cc1ccn(-c2cccc(C(=O)Nc3cn[nH]c3-c3ccccc3F)c2)n1. The van der Waals surface area contributed by atoms with E-state index in [4.69, 9.17) is 0 Å². The zero-order valence-electron chi connectivity index (χ0n) is 14.5. The maximum atomic E-state index is 14.1. The molecule has 4 aromatic rings. The number of hydrogen-bond donors (Lipinski definition) is 2. The first-order valence-electron chi connectivity index (χ1n) is 8.34. The fourth-order valence-electron chi connectivity index (χ4n) is 2.79. The van der Waals surface area contributed by atoms with Crippen molar-refractivity contribution in [2.75, 3.05) is 5.32 Å². The number of anilines is 1. The van der Waals surface area contributed by atoms with Crippen LogP contribution in [0.2, 0.25) is 0 Å². The van der Waals surface area contributed by atoms with E-state index in [0.29, 0.717) is 22.5 Å². The number of aryl methyl sites for hydroxylation is 1. The van der Waals surface area contributed by atoms with E-state index in [0.717, 1.165) is 11.4 Å². The van der Waals surface area contributed by atoms with E-state index >= 15 is 0 Å². The van der Waals surface area contributed by atoms with E-state index in [9.17, 15) is 9.18 Å². The predicted octanol–water partition coefficient (Wildman–Crippen LogP) is 3.96. The van der Waals surface area contributed by atoms with Crippen molar-refractivity contribution >= 4 is 11.6 Å². The van der Waals surface area contributed by atoms with E-state index in [1.807, 2.05) is 25.3 Å². The lowest BCUT2D eigenvalue weighted by Crippen LogP contribution is -2.12. The van der Waals surface area contributed by atoms with Gasteiger partial charge in [-0.2, -0.15) is 10.2 Å². The average molecular weight is 361 g/mol. The molecule has 7 heteroatoms. The second kappa shape index (κ2) is 6.87. The molecule has 2 aromatic carbocycles. The van der Waals surface area contributed by atoms with Gasteiger partial charge in [0.15, 0.2) is 0 Å². The average Bonchev–Trinajstić information content (AvgIpc) is 3.31. The van der Waals surface area contributed by atoms with Gasteiger partial charge in [0.25, 0.3) is 5.91 Å². The molecule has 1 amide bonds. The molecule has 0 aliphatic carbocycles. The van der Waals surface area contributed by atoms with E-state index in [1.54, 1.807) is 41.1 Å². The number of nitrogens with zero attached hydrogens (tertiary/aromatic N) is 3. The Labute approximate surface area is 154 Å². The minimum absolute atomic E-state index is 0.320. The molecule has 27 heavy (non-hydrogen) atoms. The molecule has 0 saturated heterocycles. The number of halogens is 1. The first kappa shape index (κ1) is 16.7. The van der Waals surface area contributed by atoms with E-state index in [1.165, 1.54) is 12.3 Å². The highest BCUT2D eigenvalue weighted by molar-refractivity contribution is 6.06. The van der Waals surface area contributed by atoms with Gasteiger partial charge in [0, 0.05) is 17.3 Å². The number of carbonyl (C=O) groups excluding carboxylic acids is 1. The second-order valence-electron chi connectivity index (χ2n) is 6.04. The lowest BCUT2D eigenvalue weighted by Gasteiger charge is -2.08. The second-order valence-corrected chi connectivity index (χ2v) is 6.04. The topological polar surface area (TPSA) is 75.6 Å². The van der Waals surface area contributed by atoms with Crippen LogP contribution in [0.25, 0.3) is 16.9 Å². The number of rotatable bonds is 4. The van der Waals surface area contributed by atoms with Crippen LogP contribution < -0.4 is 5.32 Å². The van der Waals surface area contributed by atoms with Crippen LogP contribution in [0.5, 0.6) is 0 Å². The molecule has 0 saturated carbocycles. The number of hydrogen-bond acceptors (Lipinski definition) is 3. The molecule has 0 atom stereocenters. The van der Waals surface area contributed by atoms with Crippen molar-refractivity contribution in [3.05, 3.63) is 84.1 Å². The number of amides is 1. The molecule has 0 bridgehead atoms. The summed E-state index contributed by atoms with van der Waals surface area (Å²) in [4.78, 5) is 12.7. The molecule has 0 spiro atoms. The van der Waals surface area contributed by atoms with Crippen molar-refractivity contribution < 1.29 is 9.18 Å². The number of benzene rings is 2. The van der Waals surface area contributed by atoms with Crippen LogP contribution in [0, 0.1) is 12.7 Å². The zero-order valence-corrected chi connectivity index (χ0v) is 14.5. The summed E-state index contributed by atoms with van der Waals surface area (Å²) in [6, 6.07) is 15.3. The van der Waals surface area contributed by atoms with Crippen LogP contribution >= 0.6 is 0 Å². The molecule has 2 aromatic heterocycles. The van der Waals surface area contributed by atoms with E-state index in [2.05, 4.69) is 20.6 Å². The summed E-state index contributed by atoms with van der Waals surface area (Å²) < 4.78 is 15.8. The van der Waals surface area contributed by atoms with Crippen molar-refractivity contribution in [2.24, 2.45) is 0 Å². The molecule has 0 unspecified atom stereocenters. The van der Waals surface area contributed by atoms with Gasteiger partial charge in [0.1, 0.15) is 5.82 Å². The van der Waals surface area contributed by atoms with Crippen molar-refractivity contribution in [3.8, 4) is 16.9 Å². The molecule has 4 rings (SSSR count). The Hall–Kier alpha value is -3.74. The fraction of sp³-hybridized carbons (Fsp3) is 0.0500. The summed E-state index contributed by atoms with van der Waals surface area (Å²) in [5, 5.41) is 13.8. The van der Waals surface area contributed by atoms with Crippen LogP contribution in [-0.4, -0.2) is 25.9 Å². The molecule has 0 aliphatic rings. The summed E-state index contributed by atoms with van der Waals surface area (Å²) in [6.45, 7) is 1.90. The minimum Gasteiger partial charge on any atom is -0.319 e. The highest BCUT2D eigenvalue weighted by Gasteiger charge is 2.15. The largest absolute Gasteiger partial charge is 0.319 e. The van der Waals surface area contributed by atoms with Gasteiger partial charge in [0.05, 0.1) is 29.0 Å². The van der Waals surface area contributed by atoms with Crippen LogP contribution in [0.3, 0.4) is 0 Å². The van der Waals surface area contributed by atoms with Gasteiger partial charge in [-0.25, -0.2) is 9.07 Å². The number of nitrogens with one attached hydrogen (secondary N) is 2. The Bertz CT molecular complexity index is 1110. The predicted molar refractivity (Wildman–Crippen MR) is 100 cm³/mol. The normalized spacial score (nSPS) is 10.7. The molecular formula is C20H16FN5O. The molecule has 0 aliphatic heterocycles. The van der Waals surface area contributed by atoms with Gasteiger partial charge in [-0.15, -0.1) is 0 Å². The molecule has 0 fully saturated rings. The summed E-state index contributed by atoms with van der Waals surface area (Å²) >= 11 is 0. The summed E-state index contributed by atoms with van der Waals surface area (Å²) in [6.07, 6.45) is 3.29. The number of H-pyrrole nitrogens is 1. The maximum absolute atomic E-state index is 14.1. The van der Waals surface area contributed by atoms with Gasteiger partial charge in [-0.1, -0.05) is 18.2 Å². The van der Waals surface area contributed by atoms with Crippen molar-refractivity contribution in [1.29, 1.82) is 0 Å². The standard InChI is InChI=1S/C20H16FN5O/c1-13-9-10-26(25-13)15-6-4-5-14(11-15)20(27)23-18-12-22-24-19(18)16-7-2-3-8-17(16)21/h2-12H,1H3,(H,22,24)(H,23,27). The lowest BCUT2D eigenvalue weighted by molar-refractivity contribution is 0.102. The van der Waals surface area contributed by atoms with E-state index in [-0.39, 0.29) is 5.91 Å². The molecule has 0 radical (unpaired) electrons. The van der Waals surface area contributed by atoms with Gasteiger partial charge >= 0.3 is 0 Å². The lowest BCUT2D eigenvalue weighted by atomic mass is 10.1. The van der Waals surface area contributed by atoms with Crippen molar-refractivity contribution in [3.63, 3.8) is 0 Å².